The zero-order valence-corrected chi connectivity index (χ0v) is 17.8. The largest absolute Gasteiger partial charge is 0.313 e. The van der Waals surface area contributed by atoms with E-state index in [0.717, 1.165) is 47.9 Å². The summed E-state index contributed by atoms with van der Waals surface area (Å²) in [6, 6.07) is 7.25. The summed E-state index contributed by atoms with van der Waals surface area (Å²) in [4.78, 5) is 26.8. The topological polar surface area (TPSA) is 70.6 Å². The molecule has 1 aromatic carbocycles. The molecule has 1 aliphatic rings. The van der Waals surface area contributed by atoms with Crippen molar-refractivity contribution in [2.24, 2.45) is 5.10 Å². The van der Waals surface area contributed by atoms with Gasteiger partial charge in [-0.15, -0.1) is 11.3 Å². The molecule has 27 heavy (non-hydrogen) atoms. The van der Waals surface area contributed by atoms with Gasteiger partial charge in [-0.2, -0.15) is 5.10 Å². The Morgan fingerprint density at radius 1 is 1.07 bits per heavy atom. The molecule has 0 atom stereocenters. The van der Waals surface area contributed by atoms with Crippen LogP contribution in [0.15, 0.2) is 33.8 Å². The highest BCUT2D eigenvalue weighted by Gasteiger charge is 2.26. The average Bonchev–Trinajstić information content (AvgIpc) is 2.81. The number of thiophene rings is 1. The number of hydrogen-bond donors (Lipinski definition) is 2. The summed E-state index contributed by atoms with van der Waals surface area (Å²) in [7, 11) is 0. The highest BCUT2D eigenvalue weighted by atomic mass is 79.9. The summed E-state index contributed by atoms with van der Waals surface area (Å²) in [5.41, 5.74) is 5.53. The third kappa shape index (κ3) is 4.65. The van der Waals surface area contributed by atoms with Gasteiger partial charge in [0, 0.05) is 15.1 Å². The standard InChI is InChI=1S/C20H22BrN3O2S/c1-12(2)23-24-19(26)17-14-9-4-3-5-11-16(14)27-20(17)22-18(25)13-8-6-7-10-15(13)21/h6-8,10H,3-5,9,11H2,1-2H3,(H,22,25)(H,24,26). The summed E-state index contributed by atoms with van der Waals surface area (Å²) < 4.78 is 0.720. The van der Waals surface area contributed by atoms with Crippen LogP contribution in [0.4, 0.5) is 5.00 Å². The van der Waals surface area contributed by atoms with Crippen LogP contribution in [0.3, 0.4) is 0 Å². The summed E-state index contributed by atoms with van der Waals surface area (Å²) >= 11 is 4.92. The van der Waals surface area contributed by atoms with Gasteiger partial charge in [0.05, 0.1) is 11.1 Å². The molecule has 0 radical (unpaired) electrons. The lowest BCUT2D eigenvalue weighted by Gasteiger charge is -2.09. The number of carbonyl (C=O) groups excluding carboxylic acids is 2. The number of benzene rings is 1. The number of nitrogens with one attached hydrogen (secondary N) is 2. The molecule has 1 aromatic heterocycles. The molecule has 0 saturated heterocycles. The first-order valence-corrected chi connectivity index (χ1v) is 10.6. The number of rotatable bonds is 4. The molecule has 0 saturated carbocycles. The summed E-state index contributed by atoms with van der Waals surface area (Å²) in [5, 5.41) is 7.60. The van der Waals surface area contributed by atoms with E-state index >= 15 is 0 Å². The van der Waals surface area contributed by atoms with Gasteiger partial charge in [-0.25, -0.2) is 5.43 Å². The number of hydrogen-bond acceptors (Lipinski definition) is 4. The fraction of sp³-hybridized carbons (Fsp3) is 0.350. The molecule has 1 aliphatic carbocycles. The number of halogens is 1. The first-order chi connectivity index (χ1) is 13.0. The number of aryl methyl sites for hydroxylation is 1. The minimum Gasteiger partial charge on any atom is -0.313 e. The van der Waals surface area contributed by atoms with Crippen LogP contribution in [0, 0.1) is 0 Å². The van der Waals surface area contributed by atoms with Gasteiger partial charge < -0.3 is 5.32 Å². The second kappa shape index (κ2) is 8.80. The summed E-state index contributed by atoms with van der Waals surface area (Å²) in [6.45, 7) is 3.65. The van der Waals surface area contributed by atoms with E-state index in [1.54, 1.807) is 6.07 Å². The predicted octanol–water partition coefficient (Wildman–Crippen LogP) is 5.16. The van der Waals surface area contributed by atoms with E-state index in [1.165, 1.54) is 16.2 Å². The lowest BCUT2D eigenvalue weighted by Crippen LogP contribution is -2.22. The molecule has 0 bridgehead atoms. The number of nitrogens with zero attached hydrogens (tertiary/aromatic N) is 1. The highest BCUT2D eigenvalue weighted by Crippen LogP contribution is 2.38. The Morgan fingerprint density at radius 2 is 1.81 bits per heavy atom. The molecule has 0 fully saturated rings. The van der Waals surface area contributed by atoms with Crippen LogP contribution >= 0.6 is 27.3 Å². The molecule has 5 nitrogen and oxygen atoms in total. The number of anilines is 1. The molecule has 142 valence electrons. The summed E-state index contributed by atoms with van der Waals surface area (Å²) in [5.74, 6) is -0.499. The van der Waals surface area contributed by atoms with Gasteiger partial charge in [0.15, 0.2) is 0 Å². The highest BCUT2D eigenvalue weighted by molar-refractivity contribution is 9.10. The SMILES string of the molecule is CC(C)=NNC(=O)c1c(NC(=O)c2ccccc2Br)sc2c1CCCCC2. The second-order valence-electron chi connectivity index (χ2n) is 6.70. The number of fused-ring (bicyclic) bond motifs is 1. The fourth-order valence-corrected chi connectivity index (χ4v) is 4.85. The van der Waals surface area contributed by atoms with Gasteiger partial charge in [-0.05, 0) is 73.2 Å². The summed E-state index contributed by atoms with van der Waals surface area (Å²) in [6.07, 6.45) is 5.12. The van der Waals surface area contributed by atoms with E-state index < -0.39 is 0 Å². The predicted molar refractivity (Wildman–Crippen MR) is 114 cm³/mol. The van der Waals surface area contributed by atoms with Crippen LogP contribution in [0.2, 0.25) is 0 Å². The molecule has 2 amide bonds. The van der Waals surface area contributed by atoms with Crippen molar-refractivity contribution in [3.8, 4) is 0 Å². The molecule has 0 spiro atoms. The molecular formula is C20H22BrN3O2S. The smallest absolute Gasteiger partial charge is 0.274 e. The Bertz CT molecular complexity index is 901. The molecular weight excluding hydrogens is 426 g/mol. The van der Waals surface area contributed by atoms with Crippen LogP contribution in [0.1, 0.15) is 64.3 Å². The second-order valence-corrected chi connectivity index (χ2v) is 8.66. The average molecular weight is 448 g/mol. The fourth-order valence-electron chi connectivity index (χ4n) is 3.11. The molecule has 0 aliphatic heterocycles. The molecule has 0 unspecified atom stereocenters. The van der Waals surface area contributed by atoms with Crippen molar-refractivity contribution in [2.45, 2.75) is 46.0 Å². The van der Waals surface area contributed by atoms with Crippen molar-refractivity contribution in [3.05, 3.63) is 50.3 Å². The normalized spacial score (nSPS) is 13.3. The monoisotopic (exact) mass is 447 g/mol. The Morgan fingerprint density at radius 3 is 2.56 bits per heavy atom. The van der Waals surface area contributed by atoms with Gasteiger partial charge in [0.1, 0.15) is 5.00 Å². The van der Waals surface area contributed by atoms with E-state index in [0.29, 0.717) is 16.1 Å². The van der Waals surface area contributed by atoms with Crippen molar-refractivity contribution >= 4 is 49.8 Å². The van der Waals surface area contributed by atoms with E-state index in [-0.39, 0.29) is 11.8 Å². The van der Waals surface area contributed by atoms with Crippen molar-refractivity contribution < 1.29 is 9.59 Å². The minimum absolute atomic E-state index is 0.233. The van der Waals surface area contributed by atoms with E-state index in [2.05, 4.69) is 31.8 Å². The lowest BCUT2D eigenvalue weighted by molar-refractivity contribution is 0.0955. The van der Waals surface area contributed by atoms with Crippen LogP contribution in [-0.2, 0) is 12.8 Å². The third-order valence-corrected chi connectivity index (χ3v) is 6.27. The third-order valence-electron chi connectivity index (χ3n) is 4.37. The number of hydrazone groups is 1. The van der Waals surface area contributed by atoms with Crippen LogP contribution in [0.25, 0.3) is 0 Å². The lowest BCUT2D eigenvalue weighted by atomic mass is 10.0. The Kier molecular flexibility index (Phi) is 6.44. The van der Waals surface area contributed by atoms with Gasteiger partial charge in [0.2, 0.25) is 0 Å². The van der Waals surface area contributed by atoms with Gasteiger partial charge >= 0.3 is 0 Å². The van der Waals surface area contributed by atoms with E-state index in [4.69, 9.17) is 0 Å². The van der Waals surface area contributed by atoms with Crippen LogP contribution in [-0.4, -0.2) is 17.5 Å². The van der Waals surface area contributed by atoms with Crippen LogP contribution < -0.4 is 10.7 Å². The minimum atomic E-state index is -0.266. The zero-order valence-electron chi connectivity index (χ0n) is 15.4. The maximum atomic E-state index is 12.8. The number of carbonyl (C=O) groups is 2. The first-order valence-electron chi connectivity index (χ1n) is 8.99. The van der Waals surface area contributed by atoms with Crippen molar-refractivity contribution in [1.82, 2.24) is 5.43 Å². The quantitative estimate of drug-likeness (QED) is 0.386. The molecule has 2 N–H and O–H groups in total. The number of amides is 2. The van der Waals surface area contributed by atoms with Gasteiger partial charge in [0.25, 0.3) is 11.8 Å². The van der Waals surface area contributed by atoms with Crippen molar-refractivity contribution in [2.75, 3.05) is 5.32 Å². The Hall–Kier alpha value is -1.99. The van der Waals surface area contributed by atoms with Gasteiger partial charge in [-0.1, -0.05) is 18.6 Å². The molecule has 3 rings (SSSR count). The van der Waals surface area contributed by atoms with E-state index in [1.807, 2.05) is 32.0 Å². The van der Waals surface area contributed by atoms with Gasteiger partial charge in [-0.3, -0.25) is 9.59 Å². The first kappa shape index (κ1) is 19.8. The van der Waals surface area contributed by atoms with Crippen LogP contribution in [0.5, 0.6) is 0 Å². The molecule has 2 aromatic rings. The maximum absolute atomic E-state index is 12.8. The van der Waals surface area contributed by atoms with Crippen molar-refractivity contribution in [3.63, 3.8) is 0 Å². The Labute approximate surface area is 171 Å². The van der Waals surface area contributed by atoms with E-state index in [9.17, 15) is 9.59 Å². The zero-order chi connectivity index (χ0) is 19.4. The maximum Gasteiger partial charge on any atom is 0.274 e. The Balaban J connectivity index is 1.96. The van der Waals surface area contributed by atoms with Crippen molar-refractivity contribution in [1.29, 1.82) is 0 Å². The molecule has 1 heterocycles. The molecule has 7 heteroatoms.